The topological polar surface area (TPSA) is 63.6 Å². The zero-order valence-electron chi connectivity index (χ0n) is 3.75. The maximum absolute atomic E-state index is 10.0. The molecule has 0 aromatic carbocycles. The quantitative estimate of drug-likeness (QED) is 0.341. The first-order valence-electron chi connectivity index (χ1n) is 1.87. The van der Waals surface area contributed by atoms with Gasteiger partial charge in [-0.3, -0.25) is 0 Å². The van der Waals surface area contributed by atoms with Gasteiger partial charge in [-0.2, -0.15) is 0 Å². The van der Waals surface area contributed by atoms with Crippen molar-refractivity contribution in [2.75, 3.05) is 0 Å². The molecule has 0 saturated heterocycles. The summed E-state index contributed by atoms with van der Waals surface area (Å²) in [5.74, 6) is -2.42. The fourth-order valence-corrected chi connectivity index (χ4v) is 0.344. The Labute approximate surface area is 44.4 Å². The Morgan fingerprint density at radius 3 is 2.25 bits per heavy atom. The van der Waals surface area contributed by atoms with Gasteiger partial charge in [0.25, 0.3) is 0 Å². The minimum atomic E-state index is -0.977. The average molecular weight is 114 g/mol. The Hall–Kier alpha value is -1.32. The van der Waals surface area contributed by atoms with Crippen LogP contribution in [0.2, 0.25) is 0 Å². The monoisotopic (exact) mass is 114 g/mol. The molecule has 0 fully saturated rings. The number of esters is 2. The van der Waals surface area contributed by atoms with Crippen LogP contribution < -0.4 is 0 Å². The predicted octanol–water partition coefficient (Wildman–Crippen LogP) is -0.488. The van der Waals surface area contributed by atoms with Gasteiger partial charge in [-0.05, 0) is 0 Å². The molecule has 0 aliphatic carbocycles. The molecule has 8 heavy (non-hydrogen) atoms. The summed E-state index contributed by atoms with van der Waals surface area (Å²) >= 11 is 0. The van der Waals surface area contributed by atoms with E-state index in [1.165, 1.54) is 0 Å². The SMILES string of the molecule is O=C1C=C(O)C(=O)O1. The van der Waals surface area contributed by atoms with Gasteiger partial charge in [0.15, 0.2) is 0 Å². The number of aliphatic hydroxyl groups excluding tert-OH is 1. The van der Waals surface area contributed by atoms with E-state index in [-0.39, 0.29) is 0 Å². The number of carbonyl (C=O) groups excluding carboxylic acids is 2. The summed E-state index contributed by atoms with van der Waals surface area (Å²) in [6.07, 6.45) is 0.725. The van der Waals surface area contributed by atoms with Gasteiger partial charge in [0.2, 0.25) is 5.76 Å². The molecule has 0 spiro atoms. The van der Waals surface area contributed by atoms with Gasteiger partial charge in [-0.1, -0.05) is 0 Å². The lowest BCUT2D eigenvalue weighted by Gasteiger charge is -1.83. The Bertz CT molecular complexity index is 178. The van der Waals surface area contributed by atoms with Crippen LogP contribution in [0.15, 0.2) is 11.8 Å². The van der Waals surface area contributed by atoms with Crippen molar-refractivity contribution in [1.82, 2.24) is 0 Å². The number of hydrogen-bond acceptors (Lipinski definition) is 4. The maximum Gasteiger partial charge on any atom is 0.381 e. The summed E-state index contributed by atoms with van der Waals surface area (Å²) in [6.45, 7) is 0. The molecule has 0 saturated carbocycles. The average Bonchev–Trinajstić information content (AvgIpc) is 1.85. The highest BCUT2D eigenvalue weighted by atomic mass is 16.6. The van der Waals surface area contributed by atoms with E-state index in [0.717, 1.165) is 6.08 Å². The molecule has 42 valence electrons. The van der Waals surface area contributed by atoms with Gasteiger partial charge in [0.05, 0.1) is 6.08 Å². The van der Waals surface area contributed by atoms with Crippen LogP contribution in [-0.4, -0.2) is 17.0 Å². The molecule has 0 aromatic rings. The van der Waals surface area contributed by atoms with Crippen molar-refractivity contribution in [2.45, 2.75) is 0 Å². The van der Waals surface area contributed by atoms with Gasteiger partial charge in [0, 0.05) is 0 Å². The Kier molecular flexibility index (Phi) is 0.802. The van der Waals surface area contributed by atoms with E-state index >= 15 is 0 Å². The second-order valence-electron chi connectivity index (χ2n) is 1.24. The molecule has 1 aliphatic rings. The Morgan fingerprint density at radius 1 is 1.50 bits per heavy atom. The summed E-state index contributed by atoms with van der Waals surface area (Å²) in [6, 6.07) is 0. The van der Waals surface area contributed by atoms with Gasteiger partial charge in [0.1, 0.15) is 0 Å². The van der Waals surface area contributed by atoms with Crippen LogP contribution in [0.25, 0.3) is 0 Å². The van der Waals surface area contributed by atoms with Crippen LogP contribution in [0.4, 0.5) is 0 Å². The zero-order valence-corrected chi connectivity index (χ0v) is 3.75. The molecule has 0 radical (unpaired) electrons. The lowest BCUT2D eigenvalue weighted by Crippen LogP contribution is -2.00. The summed E-state index contributed by atoms with van der Waals surface area (Å²) in [5, 5.41) is 8.33. The van der Waals surface area contributed by atoms with Crippen molar-refractivity contribution in [1.29, 1.82) is 0 Å². The van der Waals surface area contributed by atoms with Crippen LogP contribution >= 0.6 is 0 Å². The normalized spacial score (nSPS) is 18.2. The third-order valence-corrected chi connectivity index (χ3v) is 0.657. The first kappa shape index (κ1) is 4.83. The molecule has 0 bridgehead atoms. The first-order chi connectivity index (χ1) is 3.70. The van der Waals surface area contributed by atoms with Crippen LogP contribution in [0.5, 0.6) is 0 Å². The summed E-state index contributed by atoms with van der Waals surface area (Å²) in [7, 11) is 0. The third kappa shape index (κ3) is 0.556. The zero-order chi connectivity index (χ0) is 6.15. The van der Waals surface area contributed by atoms with Gasteiger partial charge < -0.3 is 9.84 Å². The van der Waals surface area contributed by atoms with E-state index in [2.05, 4.69) is 4.74 Å². The lowest BCUT2D eigenvalue weighted by atomic mass is 10.5. The van der Waals surface area contributed by atoms with E-state index in [1.54, 1.807) is 0 Å². The van der Waals surface area contributed by atoms with Crippen LogP contribution in [-0.2, 0) is 14.3 Å². The van der Waals surface area contributed by atoms with Crippen LogP contribution in [0.3, 0.4) is 0 Å². The number of hydrogen-bond donors (Lipinski definition) is 1. The molecule has 1 N–H and O–H groups in total. The Balaban J connectivity index is 2.88. The molecule has 4 heteroatoms. The molecule has 0 amide bonds. The second kappa shape index (κ2) is 1.33. The molecular formula is C4H2O4. The van der Waals surface area contributed by atoms with Gasteiger partial charge in [-0.25, -0.2) is 9.59 Å². The fraction of sp³-hybridized carbons (Fsp3) is 0. The minimum Gasteiger partial charge on any atom is -0.502 e. The second-order valence-corrected chi connectivity index (χ2v) is 1.24. The van der Waals surface area contributed by atoms with Crippen molar-refractivity contribution >= 4 is 11.9 Å². The smallest absolute Gasteiger partial charge is 0.381 e. The summed E-state index contributed by atoms with van der Waals surface area (Å²) in [5.41, 5.74) is 0. The highest BCUT2D eigenvalue weighted by molar-refractivity contribution is 6.07. The largest absolute Gasteiger partial charge is 0.502 e. The number of aliphatic hydroxyl groups is 1. The highest BCUT2D eigenvalue weighted by Crippen LogP contribution is 2.02. The van der Waals surface area contributed by atoms with E-state index in [9.17, 15) is 9.59 Å². The Morgan fingerprint density at radius 2 is 2.12 bits per heavy atom. The van der Waals surface area contributed by atoms with Crippen LogP contribution in [0.1, 0.15) is 0 Å². The summed E-state index contributed by atoms with van der Waals surface area (Å²) < 4.78 is 3.85. The molecule has 1 aliphatic heterocycles. The van der Waals surface area contributed by atoms with E-state index in [1.807, 2.05) is 0 Å². The van der Waals surface area contributed by atoms with Gasteiger partial charge in [-0.15, -0.1) is 0 Å². The summed E-state index contributed by atoms with van der Waals surface area (Å²) in [4.78, 5) is 20.0. The lowest BCUT2D eigenvalue weighted by molar-refractivity contribution is -0.151. The van der Waals surface area contributed by atoms with E-state index in [0.29, 0.717) is 0 Å². The predicted molar refractivity (Wildman–Crippen MR) is 21.8 cm³/mol. The van der Waals surface area contributed by atoms with Crippen LogP contribution in [0, 0.1) is 0 Å². The number of carbonyl (C=O) groups is 2. The molecule has 4 nitrogen and oxygen atoms in total. The van der Waals surface area contributed by atoms with Crippen molar-refractivity contribution in [2.24, 2.45) is 0 Å². The third-order valence-electron chi connectivity index (χ3n) is 0.657. The molecule has 1 rings (SSSR count). The molecule has 0 aromatic heterocycles. The molecule has 0 unspecified atom stereocenters. The van der Waals surface area contributed by atoms with Crippen molar-refractivity contribution in [3.63, 3.8) is 0 Å². The molecular weight excluding hydrogens is 112 g/mol. The minimum absolute atomic E-state index is 0.630. The maximum atomic E-state index is 10.0. The van der Waals surface area contributed by atoms with Crippen molar-refractivity contribution in [3.05, 3.63) is 11.8 Å². The molecule has 0 atom stereocenters. The first-order valence-corrected chi connectivity index (χ1v) is 1.87. The van der Waals surface area contributed by atoms with E-state index < -0.39 is 17.7 Å². The number of rotatable bonds is 0. The molecule has 1 heterocycles. The number of cyclic esters (lactones) is 2. The van der Waals surface area contributed by atoms with E-state index in [4.69, 9.17) is 5.11 Å². The van der Waals surface area contributed by atoms with Crippen molar-refractivity contribution in [3.8, 4) is 0 Å². The highest BCUT2D eigenvalue weighted by Gasteiger charge is 2.21. The number of ether oxygens (including phenoxy) is 1. The van der Waals surface area contributed by atoms with Gasteiger partial charge >= 0.3 is 11.9 Å². The van der Waals surface area contributed by atoms with Crippen molar-refractivity contribution < 1.29 is 19.4 Å². The fourth-order valence-electron chi connectivity index (χ4n) is 0.344. The standard InChI is InChI=1S/C4H2O4/c5-2-1-3(6)8-4(2)7/h1,5H.